The van der Waals surface area contributed by atoms with E-state index in [1.807, 2.05) is 6.92 Å². The molecule has 1 rings (SSSR count). The van der Waals surface area contributed by atoms with Gasteiger partial charge in [-0.1, -0.05) is 34.9 Å². The zero-order valence-corrected chi connectivity index (χ0v) is 8.60. The summed E-state index contributed by atoms with van der Waals surface area (Å²) in [4.78, 5) is 0. The molecule has 0 radical (unpaired) electrons. The summed E-state index contributed by atoms with van der Waals surface area (Å²) in [6.07, 6.45) is 1.79. The van der Waals surface area contributed by atoms with Crippen LogP contribution in [0.2, 0.25) is 0 Å². The third-order valence-electron chi connectivity index (χ3n) is 1.81. The Hall–Kier alpha value is -0.310. The molecule has 0 aliphatic rings. The van der Waals surface area contributed by atoms with Gasteiger partial charge in [0.1, 0.15) is 5.76 Å². The van der Waals surface area contributed by atoms with Crippen LogP contribution in [0.25, 0.3) is 0 Å². The number of alkyl halides is 1. The van der Waals surface area contributed by atoms with Crippen LogP contribution < -0.4 is 0 Å². The van der Waals surface area contributed by atoms with Gasteiger partial charge in [-0.3, -0.25) is 0 Å². The first kappa shape index (κ1) is 8.78. The number of aryl methyl sites for hydroxylation is 1. The van der Waals surface area contributed by atoms with Crippen molar-refractivity contribution in [2.45, 2.75) is 26.2 Å². The average molecular weight is 218 g/mol. The Balaban J connectivity index is 3.00. The molecule has 0 saturated heterocycles. The highest BCUT2D eigenvalue weighted by Gasteiger charge is 2.23. The highest BCUT2D eigenvalue weighted by atomic mass is 79.9. The number of nitrogens with zero attached hydrogens (tertiary/aromatic N) is 1. The Bertz CT molecular complexity index is 242. The predicted octanol–water partition coefficient (Wildman–Crippen LogP) is 2.66. The molecule has 1 aromatic rings. The minimum atomic E-state index is 0.115. The summed E-state index contributed by atoms with van der Waals surface area (Å²) in [5.41, 5.74) is 1.29. The third kappa shape index (κ3) is 1.64. The zero-order chi connectivity index (χ0) is 8.48. The molecule has 0 aliphatic carbocycles. The van der Waals surface area contributed by atoms with E-state index >= 15 is 0 Å². The van der Waals surface area contributed by atoms with E-state index in [2.05, 4.69) is 34.9 Å². The lowest BCUT2D eigenvalue weighted by Gasteiger charge is -2.19. The van der Waals surface area contributed by atoms with Crippen LogP contribution in [-0.2, 0) is 5.41 Å². The Morgan fingerprint density at radius 3 is 2.64 bits per heavy atom. The summed E-state index contributed by atoms with van der Waals surface area (Å²) in [5, 5.41) is 4.66. The average Bonchev–Trinajstić information content (AvgIpc) is 2.36. The molecule has 2 nitrogen and oxygen atoms in total. The first-order valence-electron chi connectivity index (χ1n) is 3.55. The van der Waals surface area contributed by atoms with E-state index in [4.69, 9.17) is 4.52 Å². The minimum absolute atomic E-state index is 0.115. The minimum Gasteiger partial charge on any atom is -0.361 e. The Morgan fingerprint density at radius 1 is 1.64 bits per heavy atom. The fourth-order valence-electron chi connectivity index (χ4n) is 1.02. The maximum atomic E-state index is 4.98. The molecular weight excluding hydrogens is 206 g/mol. The van der Waals surface area contributed by atoms with Crippen LogP contribution in [0.15, 0.2) is 10.7 Å². The molecule has 0 N–H and O–H groups in total. The second-order valence-electron chi connectivity index (χ2n) is 3.31. The standard InChI is InChI=1S/C8H12BrNO/c1-6-7(4-10-11-6)8(2,3)5-9/h4H,5H2,1-3H3. The van der Waals surface area contributed by atoms with Gasteiger partial charge >= 0.3 is 0 Å². The van der Waals surface area contributed by atoms with E-state index in [0.29, 0.717) is 0 Å². The Kier molecular flexibility index (Phi) is 2.37. The van der Waals surface area contributed by atoms with Gasteiger partial charge in [0.2, 0.25) is 0 Å². The fourth-order valence-corrected chi connectivity index (χ4v) is 1.32. The fraction of sp³-hybridized carbons (Fsp3) is 0.625. The summed E-state index contributed by atoms with van der Waals surface area (Å²) >= 11 is 3.46. The molecule has 0 bridgehead atoms. The van der Waals surface area contributed by atoms with Crippen molar-refractivity contribution in [1.82, 2.24) is 5.16 Å². The van der Waals surface area contributed by atoms with Gasteiger partial charge in [-0.15, -0.1) is 0 Å². The van der Waals surface area contributed by atoms with E-state index in [1.165, 1.54) is 5.56 Å². The van der Waals surface area contributed by atoms with Gasteiger partial charge in [0, 0.05) is 16.3 Å². The SMILES string of the molecule is Cc1oncc1C(C)(C)CBr. The maximum Gasteiger partial charge on any atom is 0.137 e. The van der Waals surface area contributed by atoms with Gasteiger partial charge < -0.3 is 4.52 Å². The molecule has 0 fully saturated rings. The predicted molar refractivity (Wildman–Crippen MR) is 48.1 cm³/mol. The van der Waals surface area contributed by atoms with Crippen molar-refractivity contribution in [3.63, 3.8) is 0 Å². The van der Waals surface area contributed by atoms with Crippen LogP contribution in [-0.4, -0.2) is 10.5 Å². The van der Waals surface area contributed by atoms with E-state index in [1.54, 1.807) is 6.20 Å². The lowest BCUT2D eigenvalue weighted by atomic mass is 9.88. The van der Waals surface area contributed by atoms with Crippen molar-refractivity contribution in [3.8, 4) is 0 Å². The largest absolute Gasteiger partial charge is 0.361 e. The topological polar surface area (TPSA) is 26.0 Å². The van der Waals surface area contributed by atoms with Crippen molar-refractivity contribution in [3.05, 3.63) is 17.5 Å². The molecule has 0 unspecified atom stereocenters. The molecule has 0 aliphatic heterocycles. The van der Waals surface area contributed by atoms with E-state index in [9.17, 15) is 0 Å². The van der Waals surface area contributed by atoms with Gasteiger partial charge in [-0.2, -0.15) is 0 Å². The van der Waals surface area contributed by atoms with E-state index in [0.717, 1.165) is 11.1 Å². The van der Waals surface area contributed by atoms with Crippen LogP contribution in [0.4, 0.5) is 0 Å². The second-order valence-corrected chi connectivity index (χ2v) is 3.87. The van der Waals surface area contributed by atoms with Crippen LogP contribution in [0.3, 0.4) is 0 Å². The number of hydrogen-bond acceptors (Lipinski definition) is 2. The molecule has 0 aromatic carbocycles. The summed E-state index contributed by atoms with van der Waals surface area (Å²) in [7, 11) is 0. The monoisotopic (exact) mass is 217 g/mol. The smallest absolute Gasteiger partial charge is 0.137 e. The van der Waals surface area contributed by atoms with Crippen molar-refractivity contribution < 1.29 is 4.52 Å². The molecule has 0 atom stereocenters. The quantitative estimate of drug-likeness (QED) is 0.713. The highest BCUT2D eigenvalue weighted by Crippen LogP contribution is 2.27. The lowest BCUT2D eigenvalue weighted by Crippen LogP contribution is -2.18. The van der Waals surface area contributed by atoms with Gasteiger partial charge in [0.25, 0.3) is 0 Å². The maximum absolute atomic E-state index is 4.98. The van der Waals surface area contributed by atoms with Gasteiger partial charge in [0.05, 0.1) is 6.20 Å². The van der Waals surface area contributed by atoms with Crippen molar-refractivity contribution in [1.29, 1.82) is 0 Å². The van der Waals surface area contributed by atoms with Crippen LogP contribution in [0.1, 0.15) is 25.2 Å². The van der Waals surface area contributed by atoms with Crippen LogP contribution >= 0.6 is 15.9 Å². The zero-order valence-electron chi connectivity index (χ0n) is 7.02. The van der Waals surface area contributed by atoms with Crippen molar-refractivity contribution >= 4 is 15.9 Å². The number of rotatable bonds is 2. The number of hydrogen-bond donors (Lipinski definition) is 0. The van der Waals surface area contributed by atoms with Crippen LogP contribution in [0, 0.1) is 6.92 Å². The van der Waals surface area contributed by atoms with Crippen LogP contribution in [0.5, 0.6) is 0 Å². The van der Waals surface area contributed by atoms with E-state index in [-0.39, 0.29) is 5.41 Å². The first-order valence-corrected chi connectivity index (χ1v) is 4.68. The molecule has 62 valence electrons. The molecule has 0 saturated carbocycles. The van der Waals surface area contributed by atoms with E-state index < -0.39 is 0 Å². The van der Waals surface area contributed by atoms with Gasteiger partial charge in [0.15, 0.2) is 0 Å². The molecule has 1 aromatic heterocycles. The lowest BCUT2D eigenvalue weighted by molar-refractivity contribution is 0.393. The molecule has 0 spiro atoms. The summed E-state index contributed by atoms with van der Waals surface area (Å²) < 4.78 is 4.98. The number of aromatic nitrogens is 1. The van der Waals surface area contributed by atoms with Gasteiger partial charge in [-0.05, 0) is 6.92 Å². The summed E-state index contributed by atoms with van der Waals surface area (Å²) in [6.45, 7) is 6.25. The Labute approximate surface area is 75.1 Å². The normalized spacial score (nSPS) is 12.0. The highest BCUT2D eigenvalue weighted by molar-refractivity contribution is 9.09. The molecule has 3 heteroatoms. The summed E-state index contributed by atoms with van der Waals surface area (Å²) in [5.74, 6) is 0.912. The number of halogens is 1. The first-order chi connectivity index (χ1) is 5.08. The molecule has 0 amide bonds. The van der Waals surface area contributed by atoms with Crippen molar-refractivity contribution in [2.24, 2.45) is 0 Å². The summed E-state index contributed by atoms with van der Waals surface area (Å²) in [6, 6.07) is 0. The Morgan fingerprint density at radius 2 is 2.27 bits per heavy atom. The van der Waals surface area contributed by atoms with Crippen molar-refractivity contribution in [2.75, 3.05) is 5.33 Å². The third-order valence-corrected chi connectivity index (χ3v) is 3.22. The molecular formula is C8H12BrNO. The molecule has 1 heterocycles. The molecule has 11 heavy (non-hydrogen) atoms. The van der Waals surface area contributed by atoms with Gasteiger partial charge in [-0.25, -0.2) is 0 Å². The second kappa shape index (κ2) is 2.97.